The minimum atomic E-state index is 0.137. The van der Waals surface area contributed by atoms with Gasteiger partial charge < -0.3 is 9.72 Å². The summed E-state index contributed by atoms with van der Waals surface area (Å²) in [5.74, 6) is 0.632. The molecule has 1 N–H and O–H groups in total. The number of rotatable bonds is 6. The van der Waals surface area contributed by atoms with Crippen molar-refractivity contribution in [1.82, 2.24) is 24.5 Å². The lowest BCUT2D eigenvalue weighted by Crippen LogP contribution is -2.49. The van der Waals surface area contributed by atoms with Gasteiger partial charge in [0.25, 0.3) is 0 Å². The molecule has 1 amide bonds. The molecule has 0 radical (unpaired) electrons. The number of pyridine rings is 1. The first-order valence-corrected chi connectivity index (χ1v) is 9.16. The molecule has 0 atom stereocenters. The molecule has 0 aliphatic carbocycles. The van der Waals surface area contributed by atoms with Crippen molar-refractivity contribution in [1.29, 1.82) is 0 Å². The van der Waals surface area contributed by atoms with Gasteiger partial charge in [-0.15, -0.1) is 0 Å². The van der Waals surface area contributed by atoms with Gasteiger partial charge >= 0.3 is 0 Å². The molecule has 0 spiro atoms. The van der Waals surface area contributed by atoms with E-state index in [1.807, 2.05) is 6.20 Å². The highest BCUT2D eigenvalue weighted by molar-refractivity contribution is 5.78. The lowest BCUT2D eigenvalue weighted by molar-refractivity contribution is -0.122. The van der Waals surface area contributed by atoms with Crippen LogP contribution in [0.5, 0.6) is 0 Å². The van der Waals surface area contributed by atoms with Crippen LogP contribution in [-0.2, 0) is 11.3 Å². The predicted octanol–water partition coefficient (Wildman–Crippen LogP) is 1.53. The maximum absolute atomic E-state index is 11.9. The van der Waals surface area contributed by atoms with Crippen LogP contribution in [0.1, 0.15) is 25.1 Å². The summed E-state index contributed by atoms with van der Waals surface area (Å²) in [7, 11) is 0. The number of carbonyl (C=O) groups is 1. The molecule has 1 fully saturated rings. The van der Waals surface area contributed by atoms with Gasteiger partial charge in [0.15, 0.2) is 0 Å². The summed E-state index contributed by atoms with van der Waals surface area (Å²) in [5.41, 5.74) is 3.35. The molecule has 3 heterocycles. The number of nitrogens with one attached hydrogen (secondary N) is 1. The van der Waals surface area contributed by atoms with Gasteiger partial charge in [0.05, 0.1) is 12.2 Å². The number of nitrogens with zero attached hydrogens (tertiary/aromatic N) is 4. The molecule has 0 saturated carbocycles. The van der Waals surface area contributed by atoms with Crippen LogP contribution < -0.4 is 5.32 Å². The highest BCUT2D eigenvalue weighted by Crippen LogP contribution is 2.12. The SMILES string of the molecule is Cc1cccn2cc(CN3CCN(CC(=O)NCC(C)C)CC3)nc12. The largest absolute Gasteiger partial charge is 0.355 e. The van der Waals surface area contributed by atoms with E-state index in [1.165, 1.54) is 5.56 Å². The fraction of sp³-hybridized carbons (Fsp3) is 0.579. The standard InChI is InChI=1S/C19H29N5O/c1-15(2)11-20-18(25)14-23-9-7-22(8-10-23)12-17-13-24-6-4-5-16(3)19(24)21-17/h4-6,13,15H,7-12,14H2,1-3H3,(H,20,25). The molecule has 25 heavy (non-hydrogen) atoms. The van der Waals surface area contributed by atoms with E-state index in [0.29, 0.717) is 12.5 Å². The average Bonchev–Trinajstić information content (AvgIpc) is 2.99. The van der Waals surface area contributed by atoms with E-state index in [1.54, 1.807) is 0 Å². The first-order chi connectivity index (χ1) is 12.0. The van der Waals surface area contributed by atoms with Crippen LogP contribution in [0.25, 0.3) is 5.65 Å². The van der Waals surface area contributed by atoms with Crippen LogP contribution in [0.3, 0.4) is 0 Å². The topological polar surface area (TPSA) is 52.9 Å². The van der Waals surface area contributed by atoms with Crippen molar-refractivity contribution in [2.75, 3.05) is 39.3 Å². The third kappa shape index (κ3) is 4.80. The van der Waals surface area contributed by atoms with Crippen LogP contribution in [0.15, 0.2) is 24.5 Å². The van der Waals surface area contributed by atoms with Gasteiger partial charge in [-0.05, 0) is 24.5 Å². The molecule has 1 aliphatic rings. The Kier molecular flexibility index (Phi) is 5.71. The second-order valence-electron chi connectivity index (χ2n) is 7.40. The van der Waals surface area contributed by atoms with Crippen LogP contribution in [0, 0.1) is 12.8 Å². The lowest BCUT2D eigenvalue weighted by Gasteiger charge is -2.33. The lowest BCUT2D eigenvalue weighted by atomic mass is 10.2. The van der Waals surface area contributed by atoms with E-state index in [9.17, 15) is 4.79 Å². The zero-order valence-corrected chi connectivity index (χ0v) is 15.5. The average molecular weight is 343 g/mol. The molecule has 0 unspecified atom stereocenters. The number of hydrogen-bond acceptors (Lipinski definition) is 4. The van der Waals surface area contributed by atoms with Gasteiger partial charge in [0, 0.05) is 51.7 Å². The van der Waals surface area contributed by atoms with Crippen molar-refractivity contribution in [2.24, 2.45) is 5.92 Å². The van der Waals surface area contributed by atoms with Crippen molar-refractivity contribution in [2.45, 2.75) is 27.3 Å². The molecule has 0 bridgehead atoms. The molecule has 3 rings (SSSR count). The van der Waals surface area contributed by atoms with E-state index in [4.69, 9.17) is 4.98 Å². The Bertz CT molecular complexity index is 716. The van der Waals surface area contributed by atoms with Gasteiger partial charge in [-0.25, -0.2) is 4.98 Å². The molecule has 1 saturated heterocycles. The summed E-state index contributed by atoms with van der Waals surface area (Å²) in [6, 6.07) is 4.14. The Morgan fingerprint density at radius 2 is 1.96 bits per heavy atom. The normalized spacial score (nSPS) is 16.6. The van der Waals surface area contributed by atoms with E-state index in [0.717, 1.165) is 50.6 Å². The Morgan fingerprint density at radius 3 is 2.64 bits per heavy atom. The number of carbonyl (C=O) groups excluding carboxylic acids is 1. The van der Waals surface area contributed by atoms with Gasteiger partial charge in [0.1, 0.15) is 5.65 Å². The fourth-order valence-corrected chi connectivity index (χ4v) is 3.19. The molecule has 0 aromatic carbocycles. The quantitative estimate of drug-likeness (QED) is 0.864. The van der Waals surface area contributed by atoms with Crippen LogP contribution in [0.2, 0.25) is 0 Å². The van der Waals surface area contributed by atoms with E-state index in [2.05, 4.69) is 58.6 Å². The van der Waals surface area contributed by atoms with E-state index >= 15 is 0 Å². The molecule has 6 heteroatoms. The molecule has 136 valence electrons. The first-order valence-electron chi connectivity index (χ1n) is 9.16. The predicted molar refractivity (Wildman–Crippen MR) is 99.5 cm³/mol. The summed E-state index contributed by atoms with van der Waals surface area (Å²) in [4.78, 5) is 21.4. The number of fused-ring (bicyclic) bond motifs is 1. The minimum absolute atomic E-state index is 0.137. The number of hydrogen-bond donors (Lipinski definition) is 1. The van der Waals surface area contributed by atoms with Crippen LogP contribution >= 0.6 is 0 Å². The summed E-state index contributed by atoms with van der Waals surface area (Å²) in [6.07, 6.45) is 4.17. The zero-order chi connectivity index (χ0) is 17.8. The molecule has 2 aromatic rings. The molecular formula is C19H29N5O. The summed E-state index contributed by atoms with van der Waals surface area (Å²) < 4.78 is 2.10. The highest BCUT2D eigenvalue weighted by atomic mass is 16.2. The van der Waals surface area contributed by atoms with Crippen molar-refractivity contribution < 1.29 is 4.79 Å². The highest BCUT2D eigenvalue weighted by Gasteiger charge is 2.19. The smallest absolute Gasteiger partial charge is 0.234 e. The van der Waals surface area contributed by atoms with Gasteiger partial charge in [-0.1, -0.05) is 19.9 Å². The van der Waals surface area contributed by atoms with E-state index in [-0.39, 0.29) is 5.91 Å². The van der Waals surface area contributed by atoms with E-state index < -0.39 is 0 Å². The molecule has 6 nitrogen and oxygen atoms in total. The third-order valence-corrected chi connectivity index (χ3v) is 4.65. The minimum Gasteiger partial charge on any atom is -0.355 e. The maximum Gasteiger partial charge on any atom is 0.234 e. The second-order valence-corrected chi connectivity index (χ2v) is 7.40. The molecule has 2 aromatic heterocycles. The zero-order valence-electron chi connectivity index (χ0n) is 15.5. The van der Waals surface area contributed by atoms with Gasteiger partial charge in [0.2, 0.25) is 5.91 Å². The molecule has 1 aliphatic heterocycles. The number of aryl methyl sites for hydroxylation is 1. The Hall–Kier alpha value is -1.92. The first kappa shape index (κ1) is 17.9. The van der Waals surface area contributed by atoms with Gasteiger partial charge in [-0.2, -0.15) is 0 Å². The monoisotopic (exact) mass is 343 g/mol. The van der Waals surface area contributed by atoms with Crippen molar-refractivity contribution in [3.63, 3.8) is 0 Å². The maximum atomic E-state index is 11.9. The Morgan fingerprint density at radius 1 is 1.24 bits per heavy atom. The van der Waals surface area contributed by atoms with Crippen molar-refractivity contribution in [3.05, 3.63) is 35.8 Å². The third-order valence-electron chi connectivity index (χ3n) is 4.65. The Balaban J connectivity index is 1.47. The number of amides is 1. The summed E-state index contributed by atoms with van der Waals surface area (Å²) in [5, 5.41) is 2.99. The second kappa shape index (κ2) is 7.97. The van der Waals surface area contributed by atoms with Crippen molar-refractivity contribution in [3.8, 4) is 0 Å². The number of piperazine rings is 1. The summed E-state index contributed by atoms with van der Waals surface area (Å²) >= 11 is 0. The van der Waals surface area contributed by atoms with Crippen LogP contribution in [-0.4, -0.2) is 64.4 Å². The van der Waals surface area contributed by atoms with Gasteiger partial charge in [-0.3, -0.25) is 14.6 Å². The van der Waals surface area contributed by atoms with Crippen LogP contribution in [0.4, 0.5) is 0 Å². The summed E-state index contributed by atoms with van der Waals surface area (Å²) in [6.45, 7) is 12.3. The number of imidazole rings is 1. The number of aromatic nitrogens is 2. The Labute approximate surface area is 149 Å². The molecular weight excluding hydrogens is 314 g/mol. The van der Waals surface area contributed by atoms with Crippen molar-refractivity contribution >= 4 is 11.6 Å². The fourth-order valence-electron chi connectivity index (χ4n) is 3.19.